The minimum atomic E-state index is -0.357. The van der Waals surface area contributed by atoms with Crippen LogP contribution in [-0.2, 0) is 4.79 Å². The summed E-state index contributed by atoms with van der Waals surface area (Å²) >= 11 is 3.17. The first kappa shape index (κ1) is 17.8. The van der Waals surface area contributed by atoms with Crippen LogP contribution in [0, 0.1) is 0 Å². The van der Waals surface area contributed by atoms with Crippen molar-refractivity contribution in [3.05, 3.63) is 75.7 Å². The fourth-order valence-corrected chi connectivity index (χ4v) is 4.77. The predicted molar refractivity (Wildman–Crippen MR) is 115 cm³/mol. The number of carbonyl (C=O) groups excluding carboxylic acids is 1. The SMILES string of the molecule is CC1=C(C(=O)Nc2cccnc2)C(c2cccs2)n2nc(-c3cccs3)nc2N1. The smallest absolute Gasteiger partial charge is 0.255 e. The van der Waals surface area contributed by atoms with Crippen LogP contribution in [0.25, 0.3) is 10.7 Å². The van der Waals surface area contributed by atoms with Crippen LogP contribution in [0.3, 0.4) is 0 Å². The Labute approximate surface area is 174 Å². The standard InChI is InChI=1S/C20H16N6OS2/c1-12-16(19(27)23-13-5-2-8-21-11-13)17(14-6-3-9-28-14)26-20(22-12)24-18(25-26)15-7-4-10-29-15/h2-11,17H,1H3,(H,23,27)(H,22,24,25). The average molecular weight is 421 g/mol. The summed E-state index contributed by atoms with van der Waals surface area (Å²) in [4.78, 5) is 24.0. The summed E-state index contributed by atoms with van der Waals surface area (Å²) in [6, 6.07) is 11.2. The van der Waals surface area contributed by atoms with Crippen molar-refractivity contribution < 1.29 is 4.79 Å². The Morgan fingerprint density at radius 2 is 2.03 bits per heavy atom. The van der Waals surface area contributed by atoms with Gasteiger partial charge in [-0.15, -0.1) is 27.8 Å². The number of rotatable bonds is 4. The Morgan fingerprint density at radius 3 is 2.76 bits per heavy atom. The van der Waals surface area contributed by atoms with Crippen molar-refractivity contribution in [1.82, 2.24) is 19.7 Å². The normalized spacial score (nSPS) is 15.7. The van der Waals surface area contributed by atoms with Crippen molar-refractivity contribution in [2.75, 3.05) is 10.6 Å². The zero-order valence-electron chi connectivity index (χ0n) is 15.4. The highest BCUT2D eigenvalue weighted by Gasteiger charge is 2.35. The molecule has 0 aliphatic carbocycles. The van der Waals surface area contributed by atoms with Crippen LogP contribution in [0.15, 0.2) is 70.8 Å². The topological polar surface area (TPSA) is 84.7 Å². The highest BCUT2D eigenvalue weighted by atomic mass is 32.1. The van der Waals surface area contributed by atoms with Crippen LogP contribution in [0.1, 0.15) is 17.8 Å². The van der Waals surface area contributed by atoms with Gasteiger partial charge < -0.3 is 10.6 Å². The molecule has 1 aliphatic rings. The second-order valence-electron chi connectivity index (χ2n) is 6.46. The van der Waals surface area contributed by atoms with Gasteiger partial charge in [0.25, 0.3) is 5.91 Å². The van der Waals surface area contributed by atoms with Crippen LogP contribution in [0.5, 0.6) is 0 Å². The molecule has 0 fully saturated rings. The number of carbonyl (C=O) groups is 1. The molecule has 1 aliphatic heterocycles. The maximum absolute atomic E-state index is 13.2. The van der Waals surface area contributed by atoms with E-state index in [1.807, 2.05) is 48.0 Å². The highest BCUT2D eigenvalue weighted by molar-refractivity contribution is 7.13. The van der Waals surface area contributed by atoms with Crippen molar-refractivity contribution in [3.8, 4) is 10.7 Å². The maximum atomic E-state index is 13.2. The lowest BCUT2D eigenvalue weighted by molar-refractivity contribution is -0.113. The number of anilines is 2. The molecule has 29 heavy (non-hydrogen) atoms. The molecule has 144 valence electrons. The summed E-state index contributed by atoms with van der Waals surface area (Å²) in [6.45, 7) is 1.89. The van der Waals surface area contributed by atoms with E-state index >= 15 is 0 Å². The molecule has 4 aromatic rings. The van der Waals surface area contributed by atoms with E-state index in [1.54, 1.807) is 45.8 Å². The van der Waals surface area contributed by atoms with Crippen molar-refractivity contribution >= 4 is 40.2 Å². The number of pyridine rings is 1. The number of fused-ring (bicyclic) bond motifs is 1. The summed E-state index contributed by atoms with van der Waals surface area (Å²) in [5.74, 6) is 1.08. The second kappa shape index (κ2) is 7.26. The lowest BCUT2D eigenvalue weighted by Crippen LogP contribution is -2.31. The van der Waals surface area contributed by atoms with Crippen LogP contribution in [0.4, 0.5) is 11.6 Å². The quantitative estimate of drug-likeness (QED) is 0.511. The number of thiophene rings is 2. The number of allylic oxidation sites excluding steroid dienone is 1. The van der Waals surface area contributed by atoms with E-state index in [1.165, 1.54) is 0 Å². The molecule has 9 heteroatoms. The van der Waals surface area contributed by atoms with Gasteiger partial charge in [-0.25, -0.2) is 4.68 Å². The van der Waals surface area contributed by atoms with Crippen molar-refractivity contribution in [2.45, 2.75) is 13.0 Å². The van der Waals surface area contributed by atoms with Gasteiger partial charge in [0, 0.05) is 16.8 Å². The van der Waals surface area contributed by atoms with Crippen molar-refractivity contribution in [1.29, 1.82) is 0 Å². The van der Waals surface area contributed by atoms with E-state index in [4.69, 9.17) is 5.10 Å². The lowest BCUT2D eigenvalue weighted by Gasteiger charge is -2.27. The number of aromatic nitrogens is 4. The van der Waals surface area contributed by atoms with Gasteiger partial charge in [0.05, 0.1) is 22.3 Å². The van der Waals surface area contributed by atoms with Crippen LogP contribution in [-0.4, -0.2) is 25.7 Å². The first-order valence-corrected chi connectivity index (χ1v) is 10.7. The third-order valence-electron chi connectivity index (χ3n) is 4.57. The molecule has 5 rings (SSSR count). The maximum Gasteiger partial charge on any atom is 0.255 e. The Bertz CT molecular complexity index is 1180. The number of nitrogens with zero attached hydrogens (tertiary/aromatic N) is 4. The first-order valence-electron chi connectivity index (χ1n) is 8.93. The Hall–Kier alpha value is -3.30. The number of nitrogens with one attached hydrogen (secondary N) is 2. The minimum absolute atomic E-state index is 0.194. The Morgan fingerprint density at radius 1 is 1.17 bits per heavy atom. The molecule has 5 heterocycles. The monoisotopic (exact) mass is 420 g/mol. The van der Waals surface area contributed by atoms with Gasteiger partial charge in [-0.05, 0) is 41.9 Å². The molecule has 0 saturated carbocycles. The van der Waals surface area contributed by atoms with Gasteiger partial charge in [-0.1, -0.05) is 12.1 Å². The fourth-order valence-electron chi connectivity index (χ4n) is 3.30. The Balaban J connectivity index is 1.58. The van der Waals surface area contributed by atoms with Gasteiger partial charge in [0.2, 0.25) is 5.95 Å². The molecule has 0 radical (unpaired) electrons. The third-order valence-corrected chi connectivity index (χ3v) is 6.36. The van der Waals surface area contributed by atoms with Crippen LogP contribution >= 0.6 is 22.7 Å². The molecular weight excluding hydrogens is 404 g/mol. The van der Waals surface area contributed by atoms with Gasteiger partial charge in [0.15, 0.2) is 5.82 Å². The van der Waals surface area contributed by atoms with Gasteiger partial charge in [-0.2, -0.15) is 4.98 Å². The zero-order valence-corrected chi connectivity index (χ0v) is 17.0. The van der Waals surface area contributed by atoms with E-state index in [2.05, 4.69) is 20.6 Å². The van der Waals surface area contributed by atoms with E-state index in [0.717, 1.165) is 15.5 Å². The molecule has 7 nitrogen and oxygen atoms in total. The minimum Gasteiger partial charge on any atom is -0.328 e. The molecule has 1 unspecified atom stereocenters. The molecule has 0 aromatic carbocycles. The predicted octanol–water partition coefficient (Wildman–Crippen LogP) is 4.39. The van der Waals surface area contributed by atoms with E-state index in [0.29, 0.717) is 23.0 Å². The number of hydrogen-bond donors (Lipinski definition) is 2. The van der Waals surface area contributed by atoms with Crippen LogP contribution < -0.4 is 10.6 Å². The largest absolute Gasteiger partial charge is 0.328 e. The van der Waals surface area contributed by atoms with Gasteiger partial charge in [-0.3, -0.25) is 9.78 Å². The summed E-state index contributed by atoms with van der Waals surface area (Å²) in [5, 5.41) is 14.9. The summed E-state index contributed by atoms with van der Waals surface area (Å²) in [7, 11) is 0. The molecule has 0 saturated heterocycles. The number of amides is 1. The average Bonchev–Trinajstić information content (AvgIpc) is 3.48. The van der Waals surface area contributed by atoms with Crippen molar-refractivity contribution in [3.63, 3.8) is 0 Å². The summed E-state index contributed by atoms with van der Waals surface area (Å²) in [6.07, 6.45) is 3.30. The third kappa shape index (κ3) is 3.24. The van der Waals surface area contributed by atoms with E-state index in [-0.39, 0.29) is 11.9 Å². The number of hydrogen-bond acceptors (Lipinski definition) is 7. The summed E-state index contributed by atoms with van der Waals surface area (Å²) in [5.41, 5.74) is 2.00. The zero-order chi connectivity index (χ0) is 19.8. The highest BCUT2D eigenvalue weighted by Crippen LogP contribution is 2.38. The lowest BCUT2D eigenvalue weighted by atomic mass is 10.0. The molecule has 0 spiro atoms. The van der Waals surface area contributed by atoms with E-state index in [9.17, 15) is 4.79 Å². The molecule has 1 atom stereocenters. The van der Waals surface area contributed by atoms with Gasteiger partial charge >= 0.3 is 0 Å². The van der Waals surface area contributed by atoms with Crippen LogP contribution in [0.2, 0.25) is 0 Å². The molecule has 2 N–H and O–H groups in total. The molecular formula is C20H16N6OS2. The molecule has 4 aromatic heterocycles. The second-order valence-corrected chi connectivity index (χ2v) is 8.39. The fraction of sp³-hybridized carbons (Fsp3) is 0.100. The van der Waals surface area contributed by atoms with Crippen molar-refractivity contribution in [2.24, 2.45) is 0 Å². The first-order chi connectivity index (χ1) is 14.2. The Kier molecular flexibility index (Phi) is 4.45. The van der Waals surface area contributed by atoms with Gasteiger partial charge in [0.1, 0.15) is 6.04 Å². The summed E-state index contributed by atoms with van der Waals surface area (Å²) < 4.78 is 1.80. The molecule has 1 amide bonds. The molecule has 0 bridgehead atoms. The van der Waals surface area contributed by atoms with E-state index < -0.39 is 0 Å².